The van der Waals surface area contributed by atoms with Crippen molar-refractivity contribution in [3.63, 3.8) is 0 Å². The molecule has 1 heteroatoms. The van der Waals surface area contributed by atoms with E-state index in [4.69, 9.17) is 11.5 Å². The molecule has 0 saturated heterocycles. The molecule has 11 heavy (non-hydrogen) atoms. The number of unbranched alkanes of at least 4 members (excludes halogenated alkanes) is 2. The molecule has 0 aromatic rings. The zero-order chi connectivity index (χ0) is 8.53. The summed E-state index contributed by atoms with van der Waals surface area (Å²) < 4.78 is 0. The van der Waals surface area contributed by atoms with Crippen molar-refractivity contribution >= 4 is 0 Å². The Labute approximate surface area is 69.8 Å². The lowest BCUT2D eigenvalue weighted by atomic mass is 9.99. The fourth-order valence-electron chi connectivity index (χ4n) is 1.11. The lowest BCUT2D eigenvalue weighted by molar-refractivity contribution is 0.267. The van der Waals surface area contributed by atoms with Gasteiger partial charge in [-0.2, -0.15) is 0 Å². The Hall–Kier alpha value is -0.480. The van der Waals surface area contributed by atoms with Crippen molar-refractivity contribution in [3.05, 3.63) is 0 Å². The van der Waals surface area contributed by atoms with E-state index < -0.39 is 0 Å². The minimum Gasteiger partial charge on any atom is -0.396 e. The summed E-state index contributed by atoms with van der Waals surface area (Å²) in [4.78, 5) is 0. The third-order valence-corrected chi connectivity index (χ3v) is 1.87. The quantitative estimate of drug-likeness (QED) is 0.459. The number of aliphatic hydroxyl groups excluding tert-OH is 1. The molecule has 0 heterocycles. The SMILES string of the molecule is C#CC(CCO)CCCCC. The zero-order valence-corrected chi connectivity index (χ0v) is 7.34. The van der Waals surface area contributed by atoms with E-state index in [9.17, 15) is 0 Å². The van der Waals surface area contributed by atoms with Gasteiger partial charge < -0.3 is 5.11 Å². The summed E-state index contributed by atoms with van der Waals surface area (Å²) in [5, 5.41) is 8.63. The Morgan fingerprint density at radius 2 is 2.09 bits per heavy atom. The smallest absolute Gasteiger partial charge is 0.0442 e. The molecule has 1 unspecified atom stereocenters. The standard InChI is InChI=1S/C10H18O/c1-3-5-6-7-10(4-2)8-9-11/h2,10-11H,3,5-9H2,1H3. The van der Waals surface area contributed by atoms with Crippen LogP contribution in [0.5, 0.6) is 0 Å². The minimum absolute atomic E-state index is 0.223. The topological polar surface area (TPSA) is 20.2 Å². The molecule has 0 aliphatic rings. The van der Waals surface area contributed by atoms with Crippen molar-refractivity contribution in [1.29, 1.82) is 0 Å². The number of aliphatic hydroxyl groups is 1. The van der Waals surface area contributed by atoms with E-state index in [-0.39, 0.29) is 6.61 Å². The van der Waals surface area contributed by atoms with Crippen molar-refractivity contribution < 1.29 is 5.11 Å². The van der Waals surface area contributed by atoms with Gasteiger partial charge in [-0.05, 0) is 12.8 Å². The average molecular weight is 154 g/mol. The molecule has 0 aliphatic heterocycles. The lowest BCUT2D eigenvalue weighted by Crippen LogP contribution is -1.99. The van der Waals surface area contributed by atoms with E-state index in [1.54, 1.807) is 0 Å². The first-order valence-electron chi connectivity index (χ1n) is 4.42. The molecule has 1 atom stereocenters. The maximum absolute atomic E-state index is 8.63. The van der Waals surface area contributed by atoms with E-state index in [0.29, 0.717) is 5.92 Å². The van der Waals surface area contributed by atoms with Crippen molar-refractivity contribution in [2.24, 2.45) is 5.92 Å². The van der Waals surface area contributed by atoms with E-state index in [0.717, 1.165) is 12.8 Å². The highest BCUT2D eigenvalue weighted by molar-refractivity contribution is 4.92. The molecule has 0 spiro atoms. The zero-order valence-electron chi connectivity index (χ0n) is 7.34. The van der Waals surface area contributed by atoms with E-state index in [1.807, 2.05) is 0 Å². The van der Waals surface area contributed by atoms with Gasteiger partial charge in [0.05, 0.1) is 0 Å². The molecular weight excluding hydrogens is 136 g/mol. The number of rotatable bonds is 6. The van der Waals surface area contributed by atoms with E-state index in [1.165, 1.54) is 19.3 Å². The molecule has 0 rings (SSSR count). The Bertz CT molecular complexity index is 113. The van der Waals surface area contributed by atoms with Crippen LogP contribution in [0.2, 0.25) is 0 Å². The van der Waals surface area contributed by atoms with Crippen LogP contribution in [0.4, 0.5) is 0 Å². The van der Waals surface area contributed by atoms with Gasteiger partial charge in [0.2, 0.25) is 0 Å². The fourth-order valence-corrected chi connectivity index (χ4v) is 1.11. The summed E-state index contributed by atoms with van der Waals surface area (Å²) in [5.41, 5.74) is 0. The van der Waals surface area contributed by atoms with Gasteiger partial charge in [0.25, 0.3) is 0 Å². The largest absolute Gasteiger partial charge is 0.396 e. The molecule has 0 saturated carbocycles. The van der Waals surface area contributed by atoms with Crippen LogP contribution in [0.15, 0.2) is 0 Å². The molecule has 0 bridgehead atoms. The van der Waals surface area contributed by atoms with Gasteiger partial charge in [0.1, 0.15) is 0 Å². The lowest BCUT2D eigenvalue weighted by Gasteiger charge is -2.06. The molecule has 0 aromatic carbocycles. The molecule has 0 radical (unpaired) electrons. The molecule has 1 nitrogen and oxygen atoms in total. The summed E-state index contributed by atoms with van der Waals surface area (Å²) in [7, 11) is 0. The highest BCUT2D eigenvalue weighted by Gasteiger charge is 2.02. The molecule has 1 N–H and O–H groups in total. The Kier molecular flexibility index (Phi) is 7.29. The summed E-state index contributed by atoms with van der Waals surface area (Å²) in [6.07, 6.45) is 10.8. The van der Waals surface area contributed by atoms with Crippen molar-refractivity contribution in [2.75, 3.05) is 6.61 Å². The Morgan fingerprint density at radius 1 is 1.36 bits per heavy atom. The number of hydrogen-bond acceptors (Lipinski definition) is 1. The van der Waals surface area contributed by atoms with Gasteiger partial charge >= 0.3 is 0 Å². The third-order valence-electron chi connectivity index (χ3n) is 1.87. The summed E-state index contributed by atoms with van der Waals surface area (Å²) >= 11 is 0. The first-order chi connectivity index (χ1) is 5.35. The second-order valence-corrected chi connectivity index (χ2v) is 2.87. The normalized spacial score (nSPS) is 12.5. The molecule has 64 valence electrons. The Morgan fingerprint density at radius 3 is 2.55 bits per heavy atom. The van der Waals surface area contributed by atoms with Crippen LogP contribution in [-0.4, -0.2) is 11.7 Å². The van der Waals surface area contributed by atoms with E-state index >= 15 is 0 Å². The maximum atomic E-state index is 8.63. The van der Waals surface area contributed by atoms with Crippen molar-refractivity contribution in [2.45, 2.75) is 39.0 Å². The van der Waals surface area contributed by atoms with Crippen LogP contribution in [0.25, 0.3) is 0 Å². The van der Waals surface area contributed by atoms with Crippen LogP contribution in [0.3, 0.4) is 0 Å². The van der Waals surface area contributed by atoms with Gasteiger partial charge in [0.15, 0.2) is 0 Å². The Balaban J connectivity index is 3.30. The molecule has 0 amide bonds. The highest BCUT2D eigenvalue weighted by Crippen LogP contribution is 2.11. The van der Waals surface area contributed by atoms with Gasteiger partial charge in [-0.3, -0.25) is 0 Å². The van der Waals surface area contributed by atoms with Crippen LogP contribution >= 0.6 is 0 Å². The minimum atomic E-state index is 0.223. The first-order valence-corrected chi connectivity index (χ1v) is 4.42. The van der Waals surface area contributed by atoms with Gasteiger partial charge in [0, 0.05) is 12.5 Å². The second-order valence-electron chi connectivity index (χ2n) is 2.87. The van der Waals surface area contributed by atoms with Crippen LogP contribution in [0, 0.1) is 18.3 Å². The van der Waals surface area contributed by atoms with Crippen molar-refractivity contribution in [3.8, 4) is 12.3 Å². The highest BCUT2D eigenvalue weighted by atomic mass is 16.3. The van der Waals surface area contributed by atoms with Crippen LogP contribution in [0.1, 0.15) is 39.0 Å². The number of terminal acetylenes is 1. The van der Waals surface area contributed by atoms with Crippen molar-refractivity contribution in [1.82, 2.24) is 0 Å². The summed E-state index contributed by atoms with van der Waals surface area (Å²) in [6.45, 7) is 2.40. The fraction of sp³-hybridized carbons (Fsp3) is 0.800. The molecule has 0 aliphatic carbocycles. The van der Waals surface area contributed by atoms with Gasteiger partial charge in [-0.15, -0.1) is 12.3 Å². The summed E-state index contributed by atoms with van der Waals surface area (Å²) in [5.74, 6) is 3.00. The molecule has 0 fully saturated rings. The second kappa shape index (κ2) is 7.63. The predicted octanol–water partition coefficient (Wildman–Crippen LogP) is 2.20. The average Bonchev–Trinajstić information content (AvgIpc) is 2.03. The molecule has 0 aromatic heterocycles. The monoisotopic (exact) mass is 154 g/mol. The van der Waals surface area contributed by atoms with Crippen LogP contribution in [-0.2, 0) is 0 Å². The first kappa shape index (κ1) is 10.5. The summed E-state index contributed by atoms with van der Waals surface area (Å²) in [6, 6.07) is 0. The van der Waals surface area contributed by atoms with Crippen LogP contribution < -0.4 is 0 Å². The molecular formula is C10H18O. The van der Waals surface area contributed by atoms with E-state index in [2.05, 4.69) is 12.8 Å². The predicted molar refractivity (Wildman–Crippen MR) is 48.2 cm³/mol. The van der Waals surface area contributed by atoms with Gasteiger partial charge in [-0.1, -0.05) is 26.2 Å². The van der Waals surface area contributed by atoms with Gasteiger partial charge in [-0.25, -0.2) is 0 Å². The maximum Gasteiger partial charge on any atom is 0.0442 e. The third kappa shape index (κ3) is 5.94. The number of hydrogen-bond donors (Lipinski definition) is 1.